The van der Waals surface area contributed by atoms with Crippen LogP contribution >= 0.6 is 0 Å². The van der Waals surface area contributed by atoms with Crippen LogP contribution in [0.1, 0.15) is 67.2 Å². The minimum Gasteiger partial charge on any atom is -0.444 e. The lowest BCUT2D eigenvalue weighted by molar-refractivity contribution is 0.0496. The molecule has 0 aromatic heterocycles. The molecule has 166 valence electrons. The summed E-state index contributed by atoms with van der Waals surface area (Å²) in [7, 11) is 0. The molecule has 0 heterocycles. The van der Waals surface area contributed by atoms with Gasteiger partial charge in [-0.25, -0.2) is 9.59 Å². The van der Waals surface area contributed by atoms with E-state index in [1.165, 1.54) is 0 Å². The summed E-state index contributed by atoms with van der Waals surface area (Å²) in [4.78, 5) is 22.9. The number of ether oxygens (including phenoxy) is 3. The second-order valence-corrected chi connectivity index (χ2v) is 8.63. The predicted molar refractivity (Wildman–Crippen MR) is 111 cm³/mol. The topological polar surface area (TPSA) is 97.9 Å². The number of carbonyl (C=O) groups excluding carboxylic acids is 2. The first-order chi connectivity index (χ1) is 13.0. The Bertz CT molecular complexity index is 391. The van der Waals surface area contributed by atoms with E-state index in [1.807, 2.05) is 41.5 Å². The highest BCUT2D eigenvalue weighted by atomic mass is 16.6. The Hall–Kier alpha value is -1.54. The molecule has 0 fully saturated rings. The summed E-state index contributed by atoms with van der Waals surface area (Å²) in [6, 6.07) is 0. The molecule has 0 radical (unpaired) electrons. The van der Waals surface area contributed by atoms with Crippen molar-refractivity contribution in [2.45, 2.75) is 78.4 Å². The molecule has 0 spiro atoms. The van der Waals surface area contributed by atoms with Gasteiger partial charge in [-0.05, 0) is 60.9 Å². The lowest BCUT2D eigenvalue weighted by Gasteiger charge is -2.19. The summed E-state index contributed by atoms with van der Waals surface area (Å²) in [5.41, 5.74) is -0.933. The van der Waals surface area contributed by atoms with Crippen molar-refractivity contribution < 1.29 is 23.8 Å². The van der Waals surface area contributed by atoms with Gasteiger partial charge >= 0.3 is 12.2 Å². The average Bonchev–Trinajstić information content (AvgIpc) is 2.51. The molecule has 0 atom stereocenters. The normalized spacial score (nSPS) is 11.8. The van der Waals surface area contributed by atoms with E-state index in [0.29, 0.717) is 26.3 Å². The summed E-state index contributed by atoms with van der Waals surface area (Å²) in [5, 5.41) is 8.74. The first-order valence-electron chi connectivity index (χ1n) is 10.2. The minimum atomic E-state index is -0.483. The van der Waals surface area contributed by atoms with Crippen molar-refractivity contribution in [2.24, 2.45) is 0 Å². The van der Waals surface area contributed by atoms with E-state index in [4.69, 9.17) is 14.2 Å². The van der Waals surface area contributed by atoms with Crippen LogP contribution in [-0.4, -0.2) is 62.8 Å². The van der Waals surface area contributed by atoms with Crippen molar-refractivity contribution in [3.8, 4) is 0 Å². The molecule has 0 aromatic carbocycles. The number of rotatable bonds is 13. The van der Waals surface area contributed by atoms with Crippen LogP contribution in [0.3, 0.4) is 0 Å². The second-order valence-electron chi connectivity index (χ2n) is 8.63. The van der Waals surface area contributed by atoms with E-state index in [9.17, 15) is 9.59 Å². The first-order valence-corrected chi connectivity index (χ1v) is 10.2. The maximum Gasteiger partial charge on any atom is 0.407 e. The lowest BCUT2D eigenvalue weighted by Crippen LogP contribution is -2.34. The zero-order chi connectivity index (χ0) is 21.5. The van der Waals surface area contributed by atoms with Crippen molar-refractivity contribution in [1.29, 1.82) is 0 Å². The van der Waals surface area contributed by atoms with Crippen LogP contribution in [0.5, 0.6) is 0 Å². The largest absolute Gasteiger partial charge is 0.444 e. The fourth-order valence-electron chi connectivity index (χ4n) is 2.14. The highest BCUT2D eigenvalue weighted by molar-refractivity contribution is 5.67. The Morgan fingerprint density at radius 1 is 0.643 bits per heavy atom. The molecule has 28 heavy (non-hydrogen) atoms. The molecule has 0 saturated heterocycles. The predicted octanol–water partition coefficient (Wildman–Crippen LogP) is 3.20. The number of hydrogen-bond acceptors (Lipinski definition) is 6. The third kappa shape index (κ3) is 20.8. The Balaban J connectivity index is 3.28. The maximum absolute atomic E-state index is 11.5. The smallest absolute Gasteiger partial charge is 0.407 e. The molecule has 0 saturated carbocycles. The zero-order valence-electron chi connectivity index (χ0n) is 18.6. The van der Waals surface area contributed by atoms with Crippen molar-refractivity contribution in [1.82, 2.24) is 16.0 Å². The third-order valence-corrected chi connectivity index (χ3v) is 3.29. The van der Waals surface area contributed by atoms with Gasteiger partial charge in [0.05, 0.1) is 13.2 Å². The van der Waals surface area contributed by atoms with E-state index in [-0.39, 0.29) is 6.09 Å². The van der Waals surface area contributed by atoms with Crippen LogP contribution in [0.25, 0.3) is 0 Å². The fourth-order valence-corrected chi connectivity index (χ4v) is 2.14. The van der Waals surface area contributed by atoms with Crippen LogP contribution in [0.2, 0.25) is 0 Å². The van der Waals surface area contributed by atoms with Gasteiger partial charge in [0.25, 0.3) is 0 Å². The number of hydrogen-bond donors (Lipinski definition) is 3. The van der Waals surface area contributed by atoms with Gasteiger partial charge in [-0.15, -0.1) is 0 Å². The summed E-state index contributed by atoms with van der Waals surface area (Å²) < 4.78 is 15.8. The highest BCUT2D eigenvalue weighted by Crippen LogP contribution is 2.07. The van der Waals surface area contributed by atoms with Gasteiger partial charge in [-0.1, -0.05) is 12.8 Å². The van der Waals surface area contributed by atoms with Crippen LogP contribution in [0.4, 0.5) is 9.59 Å². The second kappa shape index (κ2) is 14.5. The van der Waals surface area contributed by atoms with Gasteiger partial charge in [0.15, 0.2) is 0 Å². The van der Waals surface area contributed by atoms with Crippen LogP contribution < -0.4 is 16.0 Å². The van der Waals surface area contributed by atoms with Crippen LogP contribution in [0.15, 0.2) is 0 Å². The van der Waals surface area contributed by atoms with Gasteiger partial charge < -0.3 is 30.2 Å². The number of nitrogens with one attached hydrogen (secondary N) is 3. The lowest BCUT2D eigenvalue weighted by atomic mass is 10.2. The van der Waals surface area contributed by atoms with E-state index in [2.05, 4.69) is 16.0 Å². The molecule has 8 heteroatoms. The Morgan fingerprint density at radius 3 is 1.64 bits per heavy atom. The molecular weight excluding hydrogens is 362 g/mol. The molecule has 8 nitrogen and oxygen atoms in total. The highest BCUT2D eigenvalue weighted by Gasteiger charge is 2.16. The molecule has 3 N–H and O–H groups in total. The number of carbonyl (C=O) groups is 2. The van der Waals surface area contributed by atoms with Crippen molar-refractivity contribution in [3.63, 3.8) is 0 Å². The van der Waals surface area contributed by atoms with Crippen molar-refractivity contribution in [2.75, 3.05) is 39.4 Å². The molecular formula is C20H41N3O5. The molecule has 0 aliphatic heterocycles. The number of unbranched alkanes of at least 4 members (excludes halogenated alkanes) is 3. The van der Waals surface area contributed by atoms with Gasteiger partial charge in [-0.2, -0.15) is 0 Å². The SMILES string of the molecule is CC(C)(C)OC(=O)NCCCCCCNCCOCCNC(=O)OC(C)(C)C. The van der Waals surface area contributed by atoms with Crippen molar-refractivity contribution >= 4 is 12.2 Å². The van der Waals surface area contributed by atoms with Gasteiger partial charge in [0.1, 0.15) is 11.2 Å². The molecule has 0 aliphatic rings. The number of alkyl carbamates (subject to hydrolysis) is 2. The third-order valence-electron chi connectivity index (χ3n) is 3.29. The Morgan fingerprint density at radius 2 is 1.11 bits per heavy atom. The van der Waals surface area contributed by atoms with Gasteiger partial charge in [0, 0.05) is 19.6 Å². The van der Waals surface area contributed by atoms with Crippen molar-refractivity contribution in [3.05, 3.63) is 0 Å². The first kappa shape index (κ1) is 26.5. The summed E-state index contributed by atoms with van der Waals surface area (Å²) >= 11 is 0. The number of amides is 2. The average molecular weight is 404 g/mol. The van der Waals surface area contributed by atoms with E-state index >= 15 is 0 Å². The zero-order valence-corrected chi connectivity index (χ0v) is 18.6. The van der Waals surface area contributed by atoms with Gasteiger partial charge in [0.2, 0.25) is 0 Å². The van der Waals surface area contributed by atoms with Gasteiger partial charge in [-0.3, -0.25) is 0 Å². The molecule has 0 unspecified atom stereocenters. The summed E-state index contributed by atoms with van der Waals surface area (Å²) in [5.74, 6) is 0. The van der Waals surface area contributed by atoms with E-state index < -0.39 is 17.3 Å². The standard InChI is InChI=1S/C20H41N3O5/c1-19(2,3)27-17(24)22-12-10-8-7-9-11-21-13-15-26-16-14-23-18(25)28-20(4,5)6/h21H,7-16H2,1-6H3,(H,22,24)(H,23,25). The molecule has 0 rings (SSSR count). The van der Waals surface area contributed by atoms with Crippen LogP contribution in [-0.2, 0) is 14.2 Å². The molecule has 2 amide bonds. The molecule has 0 bridgehead atoms. The Labute approximate surface area is 170 Å². The molecule has 0 aliphatic carbocycles. The quantitative estimate of drug-likeness (QED) is 0.409. The van der Waals surface area contributed by atoms with E-state index in [0.717, 1.165) is 38.8 Å². The summed E-state index contributed by atoms with van der Waals surface area (Å²) in [6.45, 7) is 14.9. The Kier molecular flexibility index (Phi) is 13.7. The fraction of sp³-hybridized carbons (Fsp3) is 0.900. The summed E-state index contributed by atoms with van der Waals surface area (Å²) in [6.07, 6.45) is 3.46. The maximum atomic E-state index is 11.5. The van der Waals surface area contributed by atoms with E-state index in [1.54, 1.807) is 0 Å². The molecule has 0 aromatic rings. The van der Waals surface area contributed by atoms with Crippen LogP contribution in [0, 0.1) is 0 Å². The minimum absolute atomic E-state index is 0.351. The monoisotopic (exact) mass is 403 g/mol.